The van der Waals surface area contributed by atoms with Gasteiger partial charge in [-0.1, -0.05) is 60.7 Å². The molecular formula is C18H18O3. The lowest BCUT2D eigenvalue weighted by Crippen LogP contribution is -2.23. The Kier molecular flexibility index (Phi) is 4.31. The molecule has 1 saturated heterocycles. The van der Waals surface area contributed by atoms with Crippen LogP contribution in [-0.2, 0) is 14.3 Å². The highest BCUT2D eigenvalue weighted by Crippen LogP contribution is 2.27. The molecule has 0 N–H and O–H groups in total. The van der Waals surface area contributed by atoms with Crippen molar-refractivity contribution in [2.75, 3.05) is 6.61 Å². The van der Waals surface area contributed by atoms with Crippen molar-refractivity contribution in [1.82, 2.24) is 0 Å². The minimum atomic E-state index is -0.406. The van der Waals surface area contributed by atoms with E-state index in [1.54, 1.807) is 0 Å². The number of rotatable bonds is 4. The van der Waals surface area contributed by atoms with Gasteiger partial charge < -0.3 is 9.47 Å². The average molecular weight is 282 g/mol. The summed E-state index contributed by atoms with van der Waals surface area (Å²) in [6, 6.07) is 19.4. The van der Waals surface area contributed by atoms with E-state index in [4.69, 9.17) is 9.47 Å². The Bertz CT molecular complexity index is 534. The Morgan fingerprint density at radius 3 is 2.05 bits per heavy atom. The molecule has 0 spiro atoms. The third-order valence-corrected chi connectivity index (χ3v) is 3.64. The molecule has 1 heterocycles. The Morgan fingerprint density at radius 2 is 1.57 bits per heavy atom. The van der Waals surface area contributed by atoms with E-state index < -0.39 is 12.2 Å². The minimum absolute atomic E-state index is 0.251. The van der Waals surface area contributed by atoms with E-state index in [1.807, 2.05) is 60.7 Å². The van der Waals surface area contributed by atoms with Crippen molar-refractivity contribution < 1.29 is 14.3 Å². The van der Waals surface area contributed by atoms with Crippen molar-refractivity contribution in [2.45, 2.75) is 25.0 Å². The van der Waals surface area contributed by atoms with Crippen LogP contribution in [0.15, 0.2) is 60.7 Å². The van der Waals surface area contributed by atoms with Crippen LogP contribution in [0.5, 0.6) is 0 Å². The lowest BCUT2D eigenvalue weighted by molar-refractivity contribution is -0.170. The summed E-state index contributed by atoms with van der Waals surface area (Å²) < 4.78 is 10.9. The zero-order valence-corrected chi connectivity index (χ0v) is 11.8. The predicted octanol–water partition coefficient (Wildman–Crippen LogP) is 3.50. The second-order valence-corrected chi connectivity index (χ2v) is 5.13. The largest absolute Gasteiger partial charge is 0.435 e. The molecule has 0 aromatic heterocycles. The predicted molar refractivity (Wildman–Crippen MR) is 79.8 cm³/mol. The van der Waals surface area contributed by atoms with Gasteiger partial charge in [0.25, 0.3) is 0 Å². The molecule has 21 heavy (non-hydrogen) atoms. The summed E-state index contributed by atoms with van der Waals surface area (Å²) in [6.45, 7) is 0.666. The standard InChI is InChI=1S/C18H18O3/c19-18(21-16-12-7-13-20-16)17(14-8-3-1-4-9-14)15-10-5-2-6-11-15/h1-6,8-11,16-17H,7,12-13H2. The van der Waals surface area contributed by atoms with E-state index in [0.717, 1.165) is 24.0 Å². The van der Waals surface area contributed by atoms with Crippen LogP contribution in [0.1, 0.15) is 29.9 Å². The van der Waals surface area contributed by atoms with E-state index in [0.29, 0.717) is 6.61 Å². The third kappa shape index (κ3) is 3.31. The van der Waals surface area contributed by atoms with Gasteiger partial charge in [0.15, 0.2) is 0 Å². The molecule has 0 bridgehead atoms. The van der Waals surface area contributed by atoms with Gasteiger partial charge in [-0.3, -0.25) is 4.79 Å². The first kappa shape index (κ1) is 13.8. The van der Waals surface area contributed by atoms with Gasteiger partial charge in [-0.2, -0.15) is 0 Å². The highest BCUT2D eigenvalue weighted by atomic mass is 16.7. The summed E-state index contributed by atoms with van der Waals surface area (Å²) in [5.41, 5.74) is 1.87. The third-order valence-electron chi connectivity index (χ3n) is 3.64. The van der Waals surface area contributed by atoms with Crippen LogP contribution < -0.4 is 0 Å². The van der Waals surface area contributed by atoms with E-state index in [2.05, 4.69) is 0 Å². The van der Waals surface area contributed by atoms with Crippen LogP contribution in [0.25, 0.3) is 0 Å². The van der Waals surface area contributed by atoms with Crippen molar-refractivity contribution in [2.24, 2.45) is 0 Å². The van der Waals surface area contributed by atoms with Crippen molar-refractivity contribution >= 4 is 5.97 Å². The molecule has 0 aliphatic carbocycles. The number of carbonyl (C=O) groups excluding carboxylic acids is 1. The van der Waals surface area contributed by atoms with Gasteiger partial charge in [0.05, 0.1) is 6.61 Å². The van der Waals surface area contributed by atoms with Crippen LogP contribution in [0.4, 0.5) is 0 Å². The van der Waals surface area contributed by atoms with Crippen LogP contribution in [0, 0.1) is 0 Å². The van der Waals surface area contributed by atoms with Gasteiger partial charge in [-0.05, 0) is 17.5 Å². The summed E-state index contributed by atoms with van der Waals surface area (Å²) in [7, 11) is 0. The minimum Gasteiger partial charge on any atom is -0.435 e. The zero-order chi connectivity index (χ0) is 14.5. The number of carbonyl (C=O) groups is 1. The molecule has 0 saturated carbocycles. The van der Waals surface area contributed by atoms with Crippen LogP contribution in [-0.4, -0.2) is 18.9 Å². The highest BCUT2D eigenvalue weighted by Gasteiger charge is 2.28. The Morgan fingerprint density at radius 1 is 1.00 bits per heavy atom. The Labute approximate surface area is 124 Å². The molecule has 0 amide bonds. The fourth-order valence-corrected chi connectivity index (χ4v) is 2.59. The summed E-state index contributed by atoms with van der Waals surface area (Å²) >= 11 is 0. The van der Waals surface area contributed by atoms with Gasteiger partial charge in [-0.25, -0.2) is 0 Å². The Balaban J connectivity index is 1.87. The average Bonchev–Trinajstić information content (AvgIpc) is 3.02. The summed E-state index contributed by atoms with van der Waals surface area (Å²) in [6.07, 6.45) is 1.33. The second-order valence-electron chi connectivity index (χ2n) is 5.13. The fourth-order valence-electron chi connectivity index (χ4n) is 2.59. The van der Waals surface area contributed by atoms with Gasteiger partial charge in [0.1, 0.15) is 5.92 Å². The van der Waals surface area contributed by atoms with Crippen molar-refractivity contribution in [3.63, 3.8) is 0 Å². The number of ether oxygens (including phenoxy) is 2. The number of esters is 1. The first-order valence-electron chi connectivity index (χ1n) is 7.26. The van der Waals surface area contributed by atoms with E-state index in [-0.39, 0.29) is 5.97 Å². The number of hydrogen-bond acceptors (Lipinski definition) is 3. The lowest BCUT2D eigenvalue weighted by Gasteiger charge is -2.19. The normalized spacial score (nSPS) is 17.9. The first-order chi connectivity index (χ1) is 10.3. The van der Waals surface area contributed by atoms with Crippen LogP contribution >= 0.6 is 0 Å². The molecule has 3 heteroatoms. The summed E-state index contributed by atoms with van der Waals surface area (Å²) in [5.74, 6) is -0.657. The monoisotopic (exact) mass is 282 g/mol. The smallest absolute Gasteiger partial charge is 0.320 e. The van der Waals surface area contributed by atoms with Crippen molar-refractivity contribution in [3.05, 3.63) is 71.8 Å². The summed E-state index contributed by atoms with van der Waals surface area (Å²) in [5, 5.41) is 0. The second kappa shape index (κ2) is 6.55. The number of benzene rings is 2. The molecule has 1 aliphatic heterocycles. The molecule has 1 fully saturated rings. The van der Waals surface area contributed by atoms with Gasteiger partial charge in [-0.15, -0.1) is 0 Å². The molecule has 0 radical (unpaired) electrons. The molecule has 1 aliphatic rings. The van der Waals surface area contributed by atoms with Crippen LogP contribution in [0.2, 0.25) is 0 Å². The van der Waals surface area contributed by atoms with E-state index in [9.17, 15) is 4.79 Å². The summed E-state index contributed by atoms with van der Waals surface area (Å²) in [4.78, 5) is 12.6. The van der Waals surface area contributed by atoms with E-state index in [1.165, 1.54) is 0 Å². The molecule has 108 valence electrons. The maximum atomic E-state index is 12.6. The Hall–Kier alpha value is -2.13. The lowest BCUT2D eigenvalue weighted by atomic mass is 9.91. The highest BCUT2D eigenvalue weighted by molar-refractivity contribution is 5.82. The van der Waals surface area contributed by atoms with Gasteiger partial charge in [0.2, 0.25) is 6.29 Å². The molecule has 3 nitrogen and oxygen atoms in total. The van der Waals surface area contributed by atoms with Crippen molar-refractivity contribution in [3.8, 4) is 0 Å². The maximum Gasteiger partial charge on any atom is 0.320 e. The topological polar surface area (TPSA) is 35.5 Å². The first-order valence-corrected chi connectivity index (χ1v) is 7.26. The molecule has 2 aromatic rings. The van der Waals surface area contributed by atoms with Gasteiger partial charge in [0, 0.05) is 6.42 Å². The number of hydrogen-bond donors (Lipinski definition) is 0. The van der Waals surface area contributed by atoms with Crippen molar-refractivity contribution in [1.29, 1.82) is 0 Å². The molecule has 1 atom stereocenters. The quantitative estimate of drug-likeness (QED) is 0.805. The molecular weight excluding hydrogens is 264 g/mol. The fraction of sp³-hybridized carbons (Fsp3) is 0.278. The zero-order valence-electron chi connectivity index (χ0n) is 11.8. The van der Waals surface area contributed by atoms with Crippen LogP contribution in [0.3, 0.4) is 0 Å². The van der Waals surface area contributed by atoms with E-state index >= 15 is 0 Å². The molecule has 2 aromatic carbocycles. The molecule has 1 unspecified atom stereocenters. The SMILES string of the molecule is O=C(OC1CCCO1)C(c1ccccc1)c1ccccc1. The maximum absolute atomic E-state index is 12.6. The molecule has 3 rings (SSSR count). The van der Waals surface area contributed by atoms with Gasteiger partial charge >= 0.3 is 5.97 Å².